The van der Waals surface area contributed by atoms with Gasteiger partial charge in [0, 0.05) is 5.56 Å². The molecule has 19 heavy (non-hydrogen) atoms. The number of aliphatic hydroxyl groups is 1. The summed E-state index contributed by atoms with van der Waals surface area (Å²) in [4.78, 5) is 0. The van der Waals surface area contributed by atoms with E-state index in [4.69, 9.17) is 0 Å². The molecule has 0 aromatic heterocycles. The normalized spacial score (nSPS) is 18.0. The maximum Gasteiger partial charge on any atom is 0.263 e. The van der Waals surface area contributed by atoms with Crippen LogP contribution >= 0.6 is 0 Å². The molecular weight excluding hydrogens is 246 g/mol. The molecule has 0 atom stereocenters. The molecule has 1 N–H and O–H groups in total. The van der Waals surface area contributed by atoms with Crippen LogP contribution in [0.25, 0.3) is 6.08 Å². The van der Waals surface area contributed by atoms with E-state index in [0.717, 1.165) is 24.0 Å². The minimum Gasteiger partial charge on any atom is -0.392 e. The van der Waals surface area contributed by atoms with E-state index in [9.17, 15) is 13.9 Å². The Morgan fingerprint density at radius 2 is 1.79 bits per heavy atom. The molecule has 0 bridgehead atoms. The van der Waals surface area contributed by atoms with Crippen molar-refractivity contribution >= 4 is 6.08 Å². The Kier molecular flexibility index (Phi) is 5.08. The predicted octanol–water partition coefficient (Wildman–Crippen LogP) is 4.58. The zero-order valence-corrected chi connectivity index (χ0v) is 11.0. The van der Waals surface area contributed by atoms with E-state index in [2.05, 4.69) is 0 Å². The highest BCUT2D eigenvalue weighted by atomic mass is 19.3. The van der Waals surface area contributed by atoms with Gasteiger partial charge in [-0.15, -0.1) is 0 Å². The number of rotatable bonds is 4. The van der Waals surface area contributed by atoms with Crippen molar-refractivity contribution in [2.45, 2.75) is 38.5 Å². The van der Waals surface area contributed by atoms with Crippen LogP contribution in [-0.2, 0) is 0 Å². The van der Waals surface area contributed by atoms with Gasteiger partial charge in [-0.1, -0.05) is 49.6 Å². The Hall–Kier alpha value is -1.22. The summed E-state index contributed by atoms with van der Waals surface area (Å²) in [6.07, 6.45) is 5.49. The van der Waals surface area contributed by atoms with E-state index in [-0.39, 0.29) is 12.2 Å². The zero-order valence-electron chi connectivity index (χ0n) is 11.0. The molecule has 1 nitrogen and oxygen atoms in total. The Morgan fingerprint density at radius 1 is 1.16 bits per heavy atom. The summed E-state index contributed by atoms with van der Waals surface area (Å²) >= 11 is 0. The minimum absolute atomic E-state index is 0.0420. The highest BCUT2D eigenvalue weighted by Gasteiger charge is 2.17. The Balaban J connectivity index is 2.12. The lowest BCUT2D eigenvalue weighted by atomic mass is 9.83. The van der Waals surface area contributed by atoms with E-state index < -0.39 is 6.43 Å². The van der Waals surface area contributed by atoms with Gasteiger partial charge >= 0.3 is 0 Å². The Bertz CT molecular complexity index is 417. The SMILES string of the molecule is OC/C(=C/c1ccc(C(F)F)cc1)C1CCCCC1. The summed E-state index contributed by atoms with van der Waals surface area (Å²) in [5.41, 5.74) is 1.96. The third kappa shape index (κ3) is 3.87. The lowest BCUT2D eigenvalue weighted by molar-refractivity contribution is 0.151. The van der Waals surface area contributed by atoms with Gasteiger partial charge in [0.25, 0.3) is 6.43 Å². The second-order valence-electron chi connectivity index (χ2n) is 5.18. The van der Waals surface area contributed by atoms with Crippen LogP contribution in [0.2, 0.25) is 0 Å². The Morgan fingerprint density at radius 3 is 2.32 bits per heavy atom. The number of benzene rings is 1. The summed E-state index contributed by atoms with van der Waals surface area (Å²) in [7, 11) is 0. The summed E-state index contributed by atoms with van der Waals surface area (Å²) in [5.74, 6) is 0.452. The van der Waals surface area contributed by atoms with Crippen LogP contribution in [0.4, 0.5) is 8.78 Å². The smallest absolute Gasteiger partial charge is 0.263 e. The fraction of sp³-hybridized carbons (Fsp3) is 0.500. The lowest BCUT2D eigenvalue weighted by Crippen LogP contribution is -2.11. The average Bonchev–Trinajstić information content (AvgIpc) is 2.46. The molecule has 0 saturated heterocycles. The fourth-order valence-electron chi connectivity index (χ4n) is 2.72. The van der Waals surface area contributed by atoms with Gasteiger partial charge in [-0.2, -0.15) is 0 Å². The molecule has 0 radical (unpaired) electrons. The van der Waals surface area contributed by atoms with E-state index >= 15 is 0 Å². The lowest BCUT2D eigenvalue weighted by Gasteiger charge is -2.23. The molecule has 1 fully saturated rings. The van der Waals surface area contributed by atoms with E-state index in [0.29, 0.717) is 5.92 Å². The summed E-state index contributed by atoms with van der Waals surface area (Å²) in [6, 6.07) is 6.29. The first-order chi connectivity index (χ1) is 9.20. The highest BCUT2D eigenvalue weighted by Crippen LogP contribution is 2.30. The molecule has 1 aliphatic rings. The first-order valence-corrected chi connectivity index (χ1v) is 6.90. The van der Waals surface area contributed by atoms with Crippen LogP contribution in [0, 0.1) is 5.92 Å². The van der Waals surface area contributed by atoms with Gasteiger partial charge in [0.2, 0.25) is 0 Å². The predicted molar refractivity (Wildman–Crippen MR) is 73.0 cm³/mol. The van der Waals surface area contributed by atoms with Gasteiger partial charge in [-0.3, -0.25) is 0 Å². The topological polar surface area (TPSA) is 20.2 Å². The summed E-state index contributed by atoms with van der Waals surface area (Å²) < 4.78 is 24.9. The van der Waals surface area contributed by atoms with Gasteiger partial charge in [-0.25, -0.2) is 8.78 Å². The minimum atomic E-state index is -2.42. The van der Waals surface area contributed by atoms with Crippen LogP contribution in [-0.4, -0.2) is 11.7 Å². The molecular formula is C16H20F2O. The van der Waals surface area contributed by atoms with Crippen molar-refractivity contribution in [3.63, 3.8) is 0 Å². The molecule has 2 rings (SSSR count). The second-order valence-corrected chi connectivity index (χ2v) is 5.18. The molecule has 1 aromatic carbocycles. The molecule has 0 aliphatic heterocycles. The maximum absolute atomic E-state index is 12.5. The van der Waals surface area contributed by atoms with Crippen molar-refractivity contribution in [3.05, 3.63) is 41.0 Å². The maximum atomic E-state index is 12.5. The standard InChI is InChI=1S/C16H20F2O/c17-16(18)14-8-6-12(7-9-14)10-15(11-19)13-4-2-1-3-5-13/h6-10,13,16,19H,1-5,11H2/b15-10-. The fourth-order valence-corrected chi connectivity index (χ4v) is 2.72. The number of aliphatic hydroxyl groups excluding tert-OH is 1. The largest absolute Gasteiger partial charge is 0.392 e. The first kappa shape index (κ1) is 14.2. The third-order valence-electron chi connectivity index (χ3n) is 3.85. The zero-order chi connectivity index (χ0) is 13.7. The molecule has 0 heterocycles. The van der Waals surface area contributed by atoms with Crippen LogP contribution in [0.15, 0.2) is 29.8 Å². The average molecular weight is 266 g/mol. The number of halogens is 2. The summed E-state index contributed by atoms with van der Waals surface area (Å²) in [6.45, 7) is 0.0568. The quantitative estimate of drug-likeness (QED) is 0.845. The number of hydrogen-bond donors (Lipinski definition) is 1. The van der Waals surface area contributed by atoms with Crippen molar-refractivity contribution in [2.24, 2.45) is 5.92 Å². The highest BCUT2D eigenvalue weighted by molar-refractivity contribution is 5.54. The van der Waals surface area contributed by atoms with Crippen molar-refractivity contribution in [3.8, 4) is 0 Å². The first-order valence-electron chi connectivity index (χ1n) is 6.90. The Labute approximate surface area is 113 Å². The van der Waals surface area contributed by atoms with Crippen molar-refractivity contribution < 1.29 is 13.9 Å². The molecule has 0 unspecified atom stereocenters. The van der Waals surface area contributed by atoms with Gasteiger partial charge in [0.1, 0.15) is 0 Å². The van der Waals surface area contributed by atoms with Gasteiger partial charge in [0.15, 0.2) is 0 Å². The third-order valence-corrected chi connectivity index (χ3v) is 3.85. The molecule has 104 valence electrons. The van der Waals surface area contributed by atoms with Crippen LogP contribution in [0.3, 0.4) is 0 Å². The number of alkyl halides is 2. The molecule has 0 amide bonds. The van der Waals surface area contributed by atoms with E-state index in [1.807, 2.05) is 6.08 Å². The van der Waals surface area contributed by atoms with Crippen LogP contribution in [0.1, 0.15) is 49.7 Å². The molecule has 3 heteroatoms. The van der Waals surface area contributed by atoms with Gasteiger partial charge in [-0.05, 0) is 29.9 Å². The van der Waals surface area contributed by atoms with E-state index in [1.165, 1.54) is 31.4 Å². The van der Waals surface area contributed by atoms with E-state index in [1.54, 1.807) is 12.1 Å². The van der Waals surface area contributed by atoms with Crippen molar-refractivity contribution in [1.29, 1.82) is 0 Å². The van der Waals surface area contributed by atoms with Crippen LogP contribution in [0.5, 0.6) is 0 Å². The molecule has 1 saturated carbocycles. The van der Waals surface area contributed by atoms with Crippen molar-refractivity contribution in [2.75, 3.05) is 6.61 Å². The van der Waals surface area contributed by atoms with Gasteiger partial charge < -0.3 is 5.11 Å². The monoisotopic (exact) mass is 266 g/mol. The number of hydrogen-bond acceptors (Lipinski definition) is 1. The summed E-state index contributed by atoms with van der Waals surface area (Å²) in [5, 5.41) is 9.49. The molecule has 0 spiro atoms. The van der Waals surface area contributed by atoms with Crippen molar-refractivity contribution in [1.82, 2.24) is 0 Å². The molecule has 1 aliphatic carbocycles. The van der Waals surface area contributed by atoms with Gasteiger partial charge in [0.05, 0.1) is 6.61 Å². The molecule has 1 aromatic rings. The van der Waals surface area contributed by atoms with Crippen LogP contribution < -0.4 is 0 Å². The second kappa shape index (κ2) is 6.80.